The van der Waals surface area contributed by atoms with Crippen molar-refractivity contribution < 1.29 is 9.59 Å². The summed E-state index contributed by atoms with van der Waals surface area (Å²) in [5, 5.41) is 5.19. The first-order valence-corrected chi connectivity index (χ1v) is 7.59. The Morgan fingerprint density at radius 3 is 2.64 bits per heavy atom. The number of nitrogens with zero attached hydrogens (tertiary/aromatic N) is 4. The largest absolute Gasteiger partial charge is 0.343 e. The van der Waals surface area contributed by atoms with E-state index in [1.165, 1.54) is 6.33 Å². The fraction of sp³-hybridized carbons (Fsp3) is 0.118. The maximum Gasteiger partial charge on any atom is 0.251 e. The minimum absolute atomic E-state index is 0.156. The molecule has 2 aromatic heterocycles. The van der Waals surface area contributed by atoms with E-state index < -0.39 is 0 Å². The summed E-state index contributed by atoms with van der Waals surface area (Å²) in [7, 11) is 0. The van der Waals surface area contributed by atoms with Crippen molar-refractivity contribution in [1.29, 1.82) is 0 Å². The third-order valence-corrected chi connectivity index (χ3v) is 3.44. The van der Waals surface area contributed by atoms with Crippen LogP contribution >= 0.6 is 0 Å². The Hall–Kier alpha value is -3.55. The molecule has 0 aliphatic heterocycles. The van der Waals surface area contributed by atoms with Crippen molar-refractivity contribution in [2.24, 2.45) is 0 Å². The smallest absolute Gasteiger partial charge is 0.251 e. The summed E-state index contributed by atoms with van der Waals surface area (Å²) in [6.45, 7) is 1.69. The van der Waals surface area contributed by atoms with Crippen LogP contribution in [0.4, 0.5) is 5.82 Å². The van der Waals surface area contributed by atoms with Crippen molar-refractivity contribution in [3.8, 4) is 5.82 Å². The van der Waals surface area contributed by atoms with E-state index in [0.717, 1.165) is 5.82 Å². The van der Waals surface area contributed by atoms with E-state index in [1.54, 1.807) is 47.3 Å². The molecule has 2 amide bonds. The first-order valence-electron chi connectivity index (χ1n) is 7.59. The van der Waals surface area contributed by atoms with E-state index >= 15 is 0 Å². The van der Waals surface area contributed by atoms with Crippen LogP contribution in [0.5, 0.6) is 0 Å². The van der Waals surface area contributed by atoms with Crippen LogP contribution in [0.15, 0.2) is 55.1 Å². The van der Waals surface area contributed by atoms with Crippen molar-refractivity contribution in [1.82, 2.24) is 24.8 Å². The Balaban J connectivity index is 1.60. The number of hydrogen-bond donors (Lipinski definition) is 2. The van der Waals surface area contributed by atoms with Gasteiger partial charge in [0.2, 0.25) is 5.91 Å². The Kier molecular flexibility index (Phi) is 4.79. The Morgan fingerprint density at radius 2 is 1.92 bits per heavy atom. The quantitative estimate of drug-likeness (QED) is 0.732. The van der Waals surface area contributed by atoms with Gasteiger partial charge in [0, 0.05) is 24.0 Å². The maximum atomic E-state index is 12.0. The molecule has 0 spiro atoms. The lowest BCUT2D eigenvalue weighted by Gasteiger charge is -2.08. The van der Waals surface area contributed by atoms with Gasteiger partial charge >= 0.3 is 0 Å². The van der Waals surface area contributed by atoms with Crippen LogP contribution in [0.25, 0.3) is 5.82 Å². The van der Waals surface area contributed by atoms with Gasteiger partial charge in [0.1, 0.15) is 23.8 Å². The normalized spacial score (nSPS) is 10.3. The molecule has 126 valence electrons. The van der Waals surface area contributed by atoms with Crippen LogP contribution in [-0.2, 0) is 4.79 Å². The zero-order chi connectivity index (χ0) is 17.6. The number of benzene rings is 1. The molecule has 0 fully saturated rings. The highest BCUT2D eigenvalue weighted by Gasteiger charge is 2.09. The summed E-state index contributed by atoms with van der Waals surface area (Å²) >= 11 is 0. The molecule has 0 saturated carbocycles. The van der Waals surface area contributed by atoms with E-state index in [0.29, 0.717) is 17.2 Å². The summed E-state index contributed by atoms with van der Waals surface area (Å²) in [5.74, 6) is 1.02. The number of rotatable bonds is 5. The SMILES string of the molecule is Cc1nccn1-c1cc(NC(=O)CNC(=O)c2ccccc2)ncn1. The van der Waals surface area contributed by atoms with E-state index in [4.69, 9.17) is 0 Å². The van der Waals surface area contributed by atoms with Gasteiger partial charge in [-0.05, 0) is 19.1 Å². The van der Waals surface area contributed by atoms with Crippen molar-refractivity contribution in [2.75, 3.05) is 11.9 Å². The molecule has 3 aromatic rings. The first kappa shape index (κ1) is 16.3. The highest BCUT2D eigenvalue weighted by molar-refractivity contribution is 5.99. The lowest BCUT2D eigenvalue weighted by molar-refractivity contribution is -0.115. The third-order valence-electron chi connectivity index (χ3n) is 3.44. The Bertz CT molecular complexity index is 891. The molecule has 3 rings (SSSR count). The molecule has 0 saturated heterocycles. The number of hydrogen-bond acceptors (Lipinski definition) is 5. The fourth-order valence-corrected chi connectivity index (χ4v) is 2.21. The topological polar surface area (TPSA) is 102 Å². The van der Waals surface area contributed by atoms with Gasteiger partial charge in [-0.25, -0.2) is 15.0 Å². The molecule has 25 heavy (non-hydrogen) atoms. The predicted octanol–water partition coefficient (Wildman–Crippen LogP) is 1.34. The molecule has 8 heteroatoms. The minimum atomic E-state index is -0.378. The lowest BCUT2D eigenvalue weighted by atomic mass is 10.2. The van der Waals surface area contributed by atoms with Crippen molar-refractivity contribution >= 4 is 17.6 Å². The molecular formula is C17H16N6O2. The van der Waals surface area contributed by atoms with E-state index in [2.05, 4.69) is 25.6 Å². The van der Waals surface area contributed by atoms with Crippen LogP contribution in [0.1, 0.15) is 16.2 Å². The summed E-state index contributed by atoms with van der Waals surface area (Å²) in [5.41, 5.74) is 0.496. The van der Waals surface area contributed by atoms with Crippen LogP contribution in [-0.4, -0.2) is 37.9 Å². The second-order valence-corrected chi connectivity index (χ2v) is 5.20. The molecular weight excluding hydrogens is 320 g/mol. The van der Waals surface area contributed by atoms with E-state index in [-0.39, 0.29) is 18.4 Å². The van der Waals surface area contributed by atoms with Crippen LogP contribution in [0.3, 0.4) is 0 Å². The Morgan fingerprint density at radius 1 is 1.12 bits per heavy atom. The molecule has 0 atom stereocenters. The number of aryl methyl sites for hydroxylation is 1. The number of anilines is 1. The van der Waals surface area contributed by atoms with Gasteiger partial charge in [-0.3, -0.25) is 14.2 Å². The van der Waals surface area contributed by atoms with Gasteiger partial charge in [-0.15, -0.1) is 0 Å². The van der Waals surface area contributed by atoms with Crippen LogP contribution < -0.4 is 10.6 Å². The molecule has 1 aromatic carbocycles. The Labute approximate surface area is 144 Å². The second kappa shape index (κ2) is 7.35. The van der Waals surface area contributed by atoms with Gasteiger partial charge in [0.25, 0.3) is 5.91 Å². The number of nitrogens with one attached hydrogen (secondary N) is 2. The zero-order valence-electron chi connectivity index (χ0n) is 13.5. The van der Waals surface area contributed by atoms with Gasteiger partial charge in [-0.1, -0.05) is 18.2 Å². The molecule has 0 unspecified atom stereocenters. The average Bonchev–Trinajstić information content (AvgIpc) is 3.06. The molecule has 2 heterocycles. The predicted molar refractivity (Wildman–Crippen MR) is 91.3 cm³/mol. The number of amides is 2. The first-order chi connectivity index (χ1) is 12.1. The van der Waals surface area contributed by atoms with Crippen LogP contribution in [0, 0.1) is 6.92 Å². The van der Waals surface area contributed by atoms with Crippen LogP contribution in [0.2, 0.25) is 0 Å². The van der Waals surface area contributed by atoms with Gasteiger partial charge in [0.05, 0.1) is 6.54 Å². The highest BCUT2D eigenvalue weighted by Crippen LogP contribution is 2.10. The third kappa shape index (κ3) is 4.05. The maximum absolute atomic E-state index is 12.0. The van der Waals surface area contributed by atoms with E-state index in [1.807, 2.05) is 13.0 Å². The molecule has 2 N–H and O–H groups in total. The van der Waals surface area contributed by atoms with Gasteiger partial charge < -0.3 is 10.6 Å². The lowest BCUT2D eigenvalue weighted by Crippen LogP contribution is -2.33. The van der Waals surface area contributed by atoms with Crippen molar-refractivity contribution in [3.05, 3.63) is 66.5 Å². The molecule has 0 aliphatic rings. The average molecular weight is 336 g/mol. The summed E-state index contributed by atoms with van der Waals surface area (Å²) < 4.78 is 1.77. The van der Waals surface area contributed by atoms with Crippen molar-refractivity contribution in [3.63, 3.8) is 0 Å². The number of carbonyl (C=O) groups is 2. The van der Waals surface area contributed by atoms with E-state index in [9.17, 15) is 9.59 Å². The molecule has 0 aliphatic carbocycles. The van der Waals surface area contributed by atoms with Gasteiger partial charge in [0.15, 0.2) is 0 Å². The number of imidazole rings is 1. The number of aromatic nitrogens is 4. The summed E-state index contributed by atoms with van der Waals surface area (Å²) in [6.07, 6.45) is 4.78. The summed E-state index contributed by atoms with van der Waals surface area (Å²) in [4.78, 5) is 36.2. The minimum Gasteiger partial charge on any atom is -0.343 e. The zero-order valence-corrected chi connectivity index (χ0v) is 13.5. The second-order valence-electron chi connectivity index (χ2n) is 5.20. The number of carbonyl (C=O) groups excluding carboxylic acids is 2. The highest BCUT2D eigenvalue weighted by atomic mass is 16.2. The standard InChI is InChI=1S/C17H16N6O2/c1-12-18-7-8-23(12)15-9-14(20-11-21-15)22-16(24)10-19-17(25)13-5-3-2-4-6-13/h2-9,11H,10H2,1H3,(H,19,25)(H,20,21,22,24). The van der Waals surface area contributed by atoms with Gasteiger partial charge in [-0.2, -0.15) is 0 Å². The fourth-order valence-electron chi connectivity index (χ4n) is 2.21. The summed E-state index contributed by atoms with van der Waals surface area (Å²) in [6, 6.07) is 10.3. The molecule has 0 radical (unpaired) electrons. The molecule has 8 nitrogen and oxygen atoms in total. The van der Waals surface area contributed by atoms with Crippen molar-refractivity contribution in [2.45, 2.75) is 6.92 Å². The molecule has 0 bridgehead atoms. The monoisotopic (exact) mass is 336 g/mol.